The quantitative estimate of drug-likeness (QED) is 0.710. The van der Waals surface area contributed by atoms with E-state index in [1.54, 1.807) is 18.9 Å². The van der Waals surface area contributed by atoms with Crippen LogP contribution in [-0.4, -0.2) is 30.5 Å². The SMILES string of the molecule is CO[C@H](CC(=O)C(C)(C)C)[C@H](C)SC. The number of ketones is 1. The van der Waals surface area contributed by atoms with Crippen molar-refractivity contribution in [2.45, 2.75) is 45.5 Å². The van der Waals surface area contributed by atoms with Crippen LogP contribution in [0.2, 0.25) is 0 Å². The van der Waals surface area contributed by atoms with E-state index < -0.39 is 0 Å². The molecule has 2 atom stereocenters. The van der Waals surface area contributed by atoms with Gasteiger partial charge in [0.25, 0.3) is 0 Å². The van der Waals surface area contributed by atoms with Crippen molar-refractivity contribution in [3.63, 3.8) is 0 Å². The molecule has 0 bridgehead atoms. The highest BCUT2D eigenvalue weighted by molar-refractivity contribution is 7.99. The lowest BCUT2D eigenvalue weighted by atomic mass is 9.87. The predicted octanol–water partition coefficient (Wildman–Crippen LogP) is 2.76. The van der Waals surface area contributed by atoms with Gasteiger partial charge in [0.2, 0.25) is 0 Å². The van der Waals surface area contributed by atoms with E-state index in [0.29, 0.717) is 11.7 Å². The van der Waals surface area contributed by atoms with Gasteiger partial charge in [0.05, 0.1) is 6.10 Å². The number of thioether (sulfide) groups is 1. The van der Waals surface area contributed by atoms with Gasteiger partial charge in [-0.3, -0.25) is 4.79 Å². The summed E-state index contributed by atoms with van der Waals surface area (Å²) in [5, 5.41) is 0.367. The van der Waals surface area contributed by atoms with Crippen LogP contribution in [0.1, 0.15) is 34.1 Å². The molecular formula is C11H22O2S. The zero-order valence-corrected chi connectivity index (χ0v) is 10.9. The fraction of sp³-hybridized carbons (Fsp3) is 0.909. The zero-order valence-electron chi connectivity index (χ0n) is 10.1. The lowest BCUT2D eigenvalue weighted by molar-refractivity contribution is -0.128. The Kier molecular flexibility index (Phi) is 5.75. The summed E-state index contributed by atoms with van der Waals surface area (Å²) >= 11 is 1.73. The lowest BCUT2D eigenvalue weighted by Gasteiger charge is -2.24. The van der Waals surface area contributed by atoms with E-state index in [4.69, 9.17) is 4.74 Å². The van der Waals surface area contributed by atoms with Gasteiger partial charge in [0, 0.05) is 24.2 Å². The zero-order chi connectivity index (χ0) is 11.4. The number of carbonyl (C=O) groups excluding carboxylic acids is 1. The molecular weight excluding hydrogens is 196 g/mol. The van der Waals surface area contributed by atoms with Crippen LogP contribution in [0.4, 0.5) is 0 Å². The molecule has 0 aromatic heterocycles. The van der Waals surface area contributed by atoms with Crippen LogP contribution in [0.5, 0.6) is 0 Å². The topological polar surface area (TPSA) is 26.3 Å². The maximum absolute atomic E-state index is 11.8. The average Bonchev–Trinajstić information content (AvgIpc) is 2.10. The fourth-order valence-corrected chi connectivity index (χ4v) is 1.59. The van der Waals surface area contributed by atoms with Gasteiger partial charge in [-0.1, -0.05) is 27.7 Å². The minimum atomic E-state index is -0.255. The first-order valence-corrected chi connectivity index (χ1v) is 6.20. The standard InChI is InChI=1S/C11H22O2S/c1-8(14-6)9(13-5)7-10(12)11(2,3)4/h8-9H,7H2,1-6H3/t8-,9+/m0/s1. The summed E-state index contributed by atoms with van der Waals surface area (Å²) in [5.74, 6) is 0.269. The monoisotopic (exact) mass is 218 g/mol. The number of ether oxygens (including phenoxy) is 1. The highest BCUT2D eigenvalue weighted by Gasteiger charge is 2.26. The lowest BCUT2D eigenvalue weighted by Crippen LogP contribution is -2.31. The van der Waals surface area contributed by atoms with E-state index in [1.807, 2.05) is 27.0 Å². The average molecular weight is 218 g/mol. The number of hydrogen-bond acceptors (Lipinski definition) is 3. The van der Waals surface area contributed by atoms with Crippen LogP contribution < -0.4 is 0 Å². The third kappa shape index (κ3) is 4.47. The predicted molar refractivity (Wildman–Crippen MR) is 62.9 cm³/mol. The molecule has 0 rings (SSSR count). The first kappa shape index (κ1) is 14.0. The van der Waals surface area contributed by atoms with Crippen molar-refractivity contribution in [2.24, 2.45) is 5.41 Å². The van der Waals surface area contributed by atoms with E-state index in [9.17, 15) is 4.79 Å². The molecule has 0 aliphatic heterocycles. The smallest absolute Gasteiger partial charge is 0.140 e. The first-order chi connectivity index (χ1) is 6.32. The third-order valence-corrected chi connectivity index (χ3v) is 3.47. The van der Waals surface area contributed by atoms with Crippen molar-refractivity contribution in [3.8, 4) is 0 Å². The number of Topliss-reactive ketones (excluding diaryl/α,β-unsaturated/α-hetero) is 1. The summed E-state index contributed by atoms with van der Waals surface area (Å²) < 4.78 is 5.33. The summed E-state index contributed by atoms with van der Waals surface area (Å²) in [4.78, 5) is 11.8. The number of rotatable bonds is 5. The Bertz CT molecular complexity index is 184. The van der Waals surface area contributed by atoms with Crippen molar-refractivity contribution in [3.05, 3.63) is 0 Å². The van der Waals surface area contributed by atoms with Crippen LogP contribution in [0.3, 0.4) is 0 Å². The molecule has 0 saturated carbocycles. The van der Waals surface area contributed by atoms with Crippen molar-refractivity contribution in [1.29, 1.82) is 0 Å². The number of carbonyl (C=O) groups is 1. The maximum atomic E-state index is 11.8. The molecule has 0 saturated heterocycles. The van der Waals surface area contributed by atoms with Crippen LogP contribution >= 0.6 is 11.8 Å². The third-order valence-electron chi connectivity index (χ3n) is 2.42. The van der Waals surface area contributed by atoms with Crippen LogP contribution in [0, 0.1) is 5.41 Å². The molecule has 0 unspecified atom stereocenters. The van der Waals surface area contributed by atoms with E-state index in [1.165, 1.54) is 0 Å². The molecule has 14 heavy (non-hydrogen) atoms. The van der Waals surface area contributed by atoms with E-state index in [-0.39, 0.29) is 17.3 Å². The number of hydrogen-bond donors (Lipinski definition) is 0. The minimum Gasteiger partial charge on any atom is -0.380 e. The Hall–Kier alpha value is -0.0200. The first-order valence-electron chi connectivity index (χ1n) is 4.91. The summed E-state index contributed by atoms with van der Waals surface area (Å²) in [6, 6.07) is 0. The molecule has 2 nitrogen and oxygen atoms in total. The Balaban J connectivity index is 4.26. The second-order valence-electron chi connectivity index (χ2n) is 4.59. The van der Waals surface area contributed by atoms with Crippen molar-refractivity contribution in [2.75, 3.05) is 13.4 Å². The molecule has 0 amide bonds. The van der Waals surface area contributed by atoms with Crippen LogP contribution in [0.25, 0.3) is 0 Å². The van der Waals surface area contributed by atoms with E-state index in [2.05, 4.69) is 6.92 Å². The summed E-state index contributed by atoms with van der Waals surface area (Å²) in [6.45, 7) is 7.94. The molecule has 84 valence electrons. The molecule has 0 heterocycles. The highest BCUT2D eigenvalue weighted by atomic mass is 32.2. The molecule has 0 aromatic rings. The second-order valence-corrected chi connectivity index (χ2v) is 5.81. The second kappa shape index (κ2) is 5.76. The van der Waals surface area contributed by atoms with Crippen molar-refractivity contribution >= 4 is 17.5 Å². The van der Waals surface area contributed by atoms with Gasteiger partial charge < -0.3 is 4.74 Å². The Morgan fingerprint density at radius 3 is 2.21 bits per heavy atom. The minimum absolute atomic E-state index is 0.0386. The van der Waals surface area contributed by atoms with E-state index in [0.717, 1.165) is 0 Å². The molecule has 0 aromatic carbocycles. The van der Waals surface area contributed by atoms with Gasteiger partial charge in [-0.05, 0) is 6.26 Å². The van der Waals surface area contributed by atoms with Gasteiger partial charge >= 0.3 is 0 Å². The largest absolute Gasteiger partial charge is 0.380 e. The van der Waals surface area contributed by atoms with Crippen LogP contribution in [0.15, 0.2) is 0 Å². The van der Waals surface area contributed by atoms with Gasteiger partial charge in [0.15, 0.2) is 0 Å². The molecule has 0 radical (unpaired) electrons. The van der Waals surface area contributed by atoms with Gasteiger partial charge in [-0.2, -0.15) is 11.8 Å². The van der Waals surface area contributed by atoms with Gasteiger partial charge in [-0.25, -0.2) is 0 Å². The van der Waals surface area contributed by atoms with Gasteiger partial charge in [0.1, 0.15) is 5.78 Å². The highest BCUT2D eigenvalue weighted by Crippen LogP contribution is 2.22. The molecule has 0 aliphatic carbocycles. The fourth-order valence-electron chi connectivity index (χ4n) is 1.08. The van der Waals surface area contributed by atoms with E-state index >= 15 is 0 Å². The van der Waals surface area contributed by atoms with Crippen molar-refractivity contribution in [1.82, 2.24) is 0 Å². The Labute approximate surface area is 91.8 Å². The molecule has 0 spiro atoms. The molecule has 0 fully saturated rings. The summed E-state index contributed by atoms with van der Waals surface area (Å²) in [6.07, 6.45) is 2.59. The normalized spacial score (nSPS) is 16.4. The number of methoxy groups -OCH3 is 1. The van der Waals surface area contributed by atoms with Gasteiger partial charge in [-0.15, -0.1) is 0 Å². The Morgan fingerprint density at radius 2 is 1.93 bits per heavy atom. The Morgan fingerprint density at radius 1 is 1.43 bits per heavy atom. The summed E-state index contributed by atoms with van der Waals surface area (Å²) in [5.41, 5.74) is -0.255. The van der Waals surface area contributed by atoms with Crippen molar-refractivity contribution < 1.29 is 9.53 Å². The summed E-state index contributed by atoms with van der Waals surface area (Å²) in [7, 11) is 1.67. The molecule has 0 aliphatic rings. The maximum Gasteiger partial charge on any atom is 0.140 e. The molecule has 0 N–H and O–H groups in total. The van der Waals surface area contributed by atoms with Crippen LogP contribution in [-0.2, 0) is 9.53 Å². The molecule has 3 heteroatoms.